The van der Waals surface area contributed by atoms with Crippen LogP contribution in [0.15, 0.2) is 23.8 Å². The Balaban J connectivity index is 0.000000490. The zero-order valence-electron chi connectivity index (χ0n) is 4.65. The maximum absolute atomic E-state index is 2.19. The Morgan fingerprint density at radius 1 is 1.62 bits per heavy atom. The molecule has 42 valence electrons. The Labute approximate surface area is 87.9 Å². The first-order chi connectivity index (χ1) is 3.43. The van der Waals surface area contributed by atoms with E-state index in [1.54, 1.807) is 5.57 Å². The average molecular weight is 184 g/mol. The van der Waals surface area contributed by atoms with E-state index in [1.165, 1.54) is 12.8 Å². The van der Waals surface area contributed by atoms with Crippen LogP contribution in [-0.2, 0) is 0 Å². The van der Waals surface area contributed by atoms with Crippen molar-refractivity contribution >= 4 is 45.5 Å². The van der Waals surface area contributed by atoms with Crippen LogP contribution >= 0.6 is 0 Å². The van der Waals surface area contributed by atoms with Crippen LogP contribution in [0.5, 0.6) is 0 Å². The molecule has 0 spiro atoms. The van der Waals surface area contributed by atoms with Crippen molar-refractivity contribution < 1.29 is 0 Å². The fourth-order valence-electron chi connectivity index (χ4n) is 0.754. The fourth-order valence-corrected chi connectivity index (χ4v) is 0.754. The molecular formula is C7H12Sr. The Morgan fingerprint density at radius 2 is 2.38 bits per heavy atom. The van der Waals surface area contributed by atoms with E-state index in [4.69, 9.17) is 0 Å². The molecule has 8 heavy (non-hydrogen) atoms. The van der Waals surface area contributed by atoms with Crippen LogP contribution in [0.2, 0.25) is 0 Å². The molecule has 0 aliphatic heterocycles. The molecule has 1 aliphatic carbocycles. The summed E-state index contributed by atoms with van der Waals surface area (Å²) in [5, 5.41) is 0. The van der Waals surface area contributed by atoms with Gasteiger partial charge >= 0.3 is 45.5 Å². The van der Waals surface area contributed by atoms with Crippen molar-refractivity contribution in [2.75, 3.05) is 0 Å². The van der Waals surface area contributed by atoms with Crippen LogP contribution in [0.3, 0.4) is 0 Å². The van der Waals surface area contributed by atoms with Crippen LogP contribution in [0, 0.1) is 0 Å². The molecule has 0 bridgehead atoms. The SMILES string of the molecule is CCC1=CC=CC1.[SrH2]. The van der Waals surface area contributed by atoms with Gasteiger partial charge in [0.25, 0.3) is 0 Å². The molecule has 0 unspecified atom stereocenters. The first-order valence-corrected chi connectivity index (χ1v) is 2.78. The molecule has 0 aromatic heterocycles. The molecule has 0 atom stereocenters. The van der Waals surface area contributed by atoms with Crippen molar-refractivity contribution in [1.29, 1.82) is 0 Å². The third-order valence-corrected chi connectivity index (χ3v) is 1.30. The molecule has 0 aromatic carbocycles. The van der Waals surface area contributed by atoms with E-state index in [0.717, 1.165) is 0 Å². The second kappa shape index (κ2) is 4.80. The second-order valence-corrected chi connectivity index (χ2v) is 1.81. The summed E-state index contributed by atoms with van der Waals surface area (Å²) in [6.45, 7) is 2.19. The van der Waals surface area contributed by atoms with Crippen LogP contribution in [0.1, 0.15) is 19.8 Å². The second-order valence-electron chi connectivity index (χ2n) is 1.81. The molecule has 0 aromatic rings. The molecule has 0 radical (unpaired) electrons. The fraction of sp³-hybridized carbons (Fsp3) is 0.429. The van der Waals surface area contributed by atoms with Gasteiger partial charge in [0.1, 0.15) is 0 Å². The van der Waals surface area contributed by atoms with Crippen LogP contribution < -0.4 is 0 Å². The first-order valence-electron chi connectivity index (χ1n) is 2.78. The Kier molecular flexibility index (Phi) is 5.38. The minimum absolute atomic E-state index is 0. The maximum atomic E-state index is 2.19. The zero-order chi connectivity index (χ0) is 5.11. The van der Waals surface area contributed by atoms with Gasteiger partial charge in [-0.15, -0.1) is 0 Å². The van der Waals surface area contributed by atoms with Gasteiger partial charge in [-0.3, -0.25) is 0 Å². The van der Waals surface area contributed by atoms with Gasteiger partial charge in [0, 0.05) is 0 Å². The molecule has 1 aliphatic rings. The van der Waals surface area contributed by atoms with E-state index in [2.05, 4.69) is 25.2 Å². The summed E-state index contributed by atoms with van der Waals surface area (Å²) in [6.07, 6.45) is 8.92. The molecule has 0 saturated heterocycles. The molecule has 0 N–H and O–H groups in total. The van der Waals surface area contributed by atoms with Crippen molar-refractivity contribution in [3.63, 3.8) is 0 Å². The number of hydrogen-bond acceptors (Lipinski definition) is 0. The number of allylic oxidation sites excluding steroid dienone is 4. The summed E-state index contributed by atoms with van der Waals surface area (Å²) in [7, 11) is 0. The van der Waals surface area contributed by atoms with Gasteiger partial charge in [-0.2, -0.15) is 0 Å². The molecular weight excluding hydrogens is 172 g/mol. The quantitative estimate of drug-likeness (QED) is 0.539. The molecule has 0 fully saturated rings. The van der Waals surface area contributed by atoms with Crippen molar-refractivity contribution in [2.24, 2.45) is 0 Å². The van der Waals surface area contributed by atoms with Crippen molar-refractivity contribution in [3.8, 4) is 0 Å². The molecule has 0 amide bonds. The van der Waals surface area contributed by atoms with E-state index in [1.807, 2.05) is 0 Å². The predicted molar refractivity (Wildman–Crippen MR) is 40.7 cm³/mol. The first kappa shape index (κ1) is 8.96. The van der Waals surface area contributed by atoms with Gasteiger partial charge in [0.2, 0.25) is 0 Å². The number of hydrogen-bond donors (Lipinski definition) is 0. The van der Waals surface area contributed by atoms with Gasteiger partial charge in [0.05, 0.1) is 0 Å². The number of rotatable bonds is 1. The van der Waals surface area contributed by atoms with Crippen LogP contribution in [-0.4, -0.2) is 45.5 Å². The topological polar surface area (TPSA) is 0 Å². The molecule has 0 heterocycles. The van der Waals surface area contributed by atoms with Crippen molar-refractivity contribution in [2.45, 2.75) is 19.8 Å². The third kappa shape index (κ3) is 2.49. The van der Waals surface area contributed by atoms with E-state index in [-0.39, 0.29) is 45.5 Å². The summed E-state index contributed by atoms with van der Waals surface area (Å²) in [5.74, 6) is 0. The van der Waals surface area contributed by atoms with Crippen LogP contribution in [0.25, 0.3) is 0 Å². The van der Waals surface area contributed by atoms with Gasteiger partial charge < -0.3 is 0 Å². The van der Waals surface area contributed by atoms with E-state index >= 15 is 0 Å². The molecule has 0 nitrogen and oxygen atoms in total. The summed E-state index contributed by atoms with van der Waals surface area (Å²) in [4.78, 5) is 0. The van der Waals surface area contributed by atoms with Gasteiger partial charge in [-0.1, -0.05) is 30.7 Å². The summed E-state index contributed by atoms with van der Waals surface area (Å²) in [5.41, 5.74) is 1.56. The standard InChI is InChI=1S/C7H10.Sr.2H/c1-2-7-5-3-4-6-7;;;/h3-5H,2,6H2,1H3;;;. The van der Waals surface area contributed by atoms with Gasteiger partial charge in [-0.25, -0.2) is 0 Å². The van der Waals surface area contributed by atoms with Gasteiger partial charge in [-0.05, 0) is 12.8 Å². The summed E-state index contributed by atoms with van der Waals surface area (Å²) in [6, 6.07) is 0. The minimum atomic E-state index is 0. The third-order valence-electron chi connectivity index (χ3n) is 1.30. The van der Waals surface area contributed by atoms with Gasteiger partial charge in [0.15, 0.2) is 0 Å². The van der Waals surface area contributed by atoms with E-state index < -0.39 is 0 Å². The zero-order valence-corrected chi connectivity index (χ0v) is 4.65. The van der Waals surface area contributed by atoms with E-state index in [0.29, 0.717) is 0 Å². The van der Waals surface area contributed by atoms with E-state index in [9.17, 15) is 0 Å². The Morgan fingerprint density at radius 3 is 2.62 bits per heavy atom. The van der Waals surface area contributed by atoms with Crippen molar-refractivity contribution in [1.82, 2.24) is 0 Å². The Bertz CT molecular complexity index is 112. The molecule has 1 rings (SSSR count). The molecule has 1 heteroatoms. The Hall–Kier alpha value is 0.961. The summed E-state index contributed by atoms with van der Waals surface area (Å²) >= 11 is 0. The summed E-state index contributed by atoms with van der Waals surface area (Å²) < 4.78 is 0. The van der Waals surface area contributed by atoms with Crippen molar-refractivity contribution in [3.05, 3.63) is 23.8 Å². The average Bonchev–Trinajstić information content (AvgIpc) is 2.14. The molecule has 0 saturated carbocycles. The van der Waals surface area contributed by atoms with Crippen LogP contribution in [0.4, 0.5) is 0 Å². The predicted octanol–water partition coefficient (Wildman–Crippen LogP) is 1.37. The monoisotopic (exact) mass is 184 g/mol. The normalized spacial score (nSPS) is 15.4.